The van der Waals surface area contributed by atoms with Crippen molar-refractivity contribution < 1.29 is 28.5 Å². The fourth-order valence-electron chi connectivity index (χ4n) is 1.90. The second kappa shape index (κ2) is 7.12. The first-order valence-corrected chi connectivity index (χ1v) is 5.80. The molecule has 0 radical (unpaired) electrons. The summed E-state index contributed by atoms with van der Waals surface area (Å²) >= 11 is 0. The molecule has 2 rings (SSSR count). The largest absolute Gasteiger partial charge is 1.00 e. The summed E-state index contributed by atoms with van der Waals surface area (Å²) in [6.45, 7) is 3.09. The molecular weight excluding hydrogens is 335 g/mol. The van der Waals surface area contributed by atoms with E-state index in [0.717, 1.165) is 12.1 Å². The van der Waals surface area contributed by atoms with Gasteiger partial charge in [0.2, 0.25) is 5.69 Å². The molecule has 0 amide bonds. The fraction of sp³-hybridized carbons (Fsp3) is 0.200. The van der Waals surface area contributed by atoms with E-state index in [4.69, 9.17) is 5.26 Å². The van der Waals surface area contributed by atoms with Gasteiger partial charge in [-0.2, -0.15) is 9.83 Å². The van der Waals surface area contributed by atoms with Crippen LogP contribution in [0, 0.1) is 11.3 Å². The minimum atomic E-state index is 0. The summed E-state index contributed by atoms with van der Waals surface area (Å²) in [4.78, 5) is 0. The molecule has 0 aliphatic rings. The molecule has 0 atom stereocenters. The van der Waals surface area contributed by atoms with Crippen LogP contribution < -0.4 is 28.5 Å². The summed E-state index contributed by atoms with van der Waals surface area (Å²) in [6.07, 6.45) is 2.56. The Morgan fingerprint density at radius 3 is 2.44 bits per heavy atom. The van der Waals surface area contributed by atoms with Crippen molar-refractivity contribution in [3.05, 3.63) is 54.2 Å². The summed E-state index contributed by atoms with van der Waals surface area (Å²) < 4.78 is 2.21. The van der Waals surface area contributed by atoms with Gasteiger partial charge >= 0.3 is 0 Å². The van der Waals surface area contributed by atoms with Gasteiger partial charge in [-0.15, -0.1) is 0 Å². The number of nitriles is 1. The molecule has 0 saturated carbocycles. The molecule has 2 nitrogen and oxygen atoms in total. The summed E-state index contributed by atoms with van der Waals surface area (Å²) in [6, 6.07) is 16.6. The standard InChI is InChI=1S/C15H15N2.HI/c1-2-17-12-4-3-5-15(17)14-8-6-13(7-9-14)10-11-16;/h3-9,12H,2,10H2,1H3;1H/q+1;/p-1. The molecule has 0 N–H and O–H groups in total. The molecule has 0 saturated heterocycles. The SMILES string of the molecule is CC[n+]1ccccc1-c1ccc(CC#N)cc1.[I-]. The van der Waals surface area contributed by atoms with Crippen LogP contribution >= 0.6 is 0 Å². The quantitative estimate of drug-likeness (QED) is 0.553. The summed E-state index contributed by atoms with van der Waals surface area (Å²) in [5, 5.41) is 8.63. The second-order valence-electron chi connectivity index (χ2n) is 3.90. The van der Waals surface area contributed by atoms with E-state index in [0.29, 0.717) is 6.42 Å². The summed E-state index contributed by atoms with van der Waals surface area (Å²) in [5.74, 6) is 0. The van der Waals surface area contributed by atoms with E-state index in [1.807, 2.05) is 24.3 Å². The number of hydrogen-bond acceptors (Lipinski definition) is 1. The first-order chi connectivity index (χ1) is 8.35. The van der Waals surface area contributed by atoms with Crippen molar-refractivity contribution in [1.29, 1.82) is 5.26 Å². The zero-order valence-corrected chi connectivity index (χ0v) is 12.5. The van der Waals surface area contributed by atoms with Crippen LogP contribution in [-0.2, 0) is 13.0 Å². The van der Waals surface area contributed by atoms with Gasteiger partial charge in [0.15, 0.2) is 6.20 Å². The number of rotatable bonds is 3. The van der Waals surface area contributed by atoms with Crippen LogP contribution in [0.5, 0.6) is 0 Å². The third-order valence-electron chi connectivity index (χ3n) is 2.81. The van der Waals surface area contributed by atoms with E-state index in [1.54, 1.807) is 0 Å². The summed E-state index contributed by atoms with van der Waals surface area (Å²) in [7, 11) is 0. The number of hydrogen-bond donors (Lipinski definition) is 0. The van der Waals surface area contributed by atoms with Gasteiger partial charge in [0, 0.05) is 17.7 Å². The number of halogens is 1. The molecule has 0 bridgehead atoms. The Balaban J connectivity index is 0.00000162. The molecule has 3 heteroatoms. The molecule has 0 fully saturated rings. The predicted octanol–water partition coefficient (Wildman–Crippen LogP) is -0.269. The Morgan fingerprint density at radius 2 is 1.83 bits per heavy atom. The Bertz CT molecular complexity index is 541. The lowest BCUT2D eigenvalue weighted by Gasteiger charge is -2.02. The normalized spacial score (nSPS) is 9.33. The van der Waals surface area contributed by atoms with E-state index >= 15 is 0 Å². The zero-order valence-electron chi connectivity index (χ0n) is 10.3. The van der Waals surface area contributed by atoms with Gasteiger partial charge in [-0.05, 0) is 30.7 Å². The van der Waals surface area contributed by atoms with Gasteiger partial charge in [-0.1, -0.05) is 12.1 Å². The molecule has 92 valence electrons. The van der Waals surface area contributed by atoms with Gasteiger partial charge in [0.05, 0.1) is 12.5 Å². The average molecular weight is 350 g/mol. The van der Waals surface area contributed by atoms with Crippen molar-refractivity contribution in [2.24, 2.45) is 0 Å². The highest BCUT2D eigenvalue weighted by molar-refractivity contribution is 5.56. The van der Waals surface area contributed by atoms with Crippen LogP contribution in [-0.4, -0.2) is 0 Å². The lowest BCUT2D eigenvalue weighted by atomic mass is 10.1. The molecule has 0 unspecified atom stereocenters. The molecule has 2 aromatic rings. The van der Waals surface area contributed by atoms with Gasteiger partial charge in [-0.25, -0.2) is 0 Å². The first-order valence-electron chi connectivity index (χ1n) is 5.80. The van der Waals surface area contributed by atoms with Crippen LogP contribution in [0.25, 0.3) is 11.3 Å². The molecule has 1 aromatic carbocycles. The molecule has 0 aliphatic heterocycles. The van der Waals surface area contributed by atoms with E-state index in [1.165, 1.54) is 11.3 Å². The minimum absolute atomic E-state index is 0. The Hall–Kier alpha value is -1.41. The van der Waals surface area contributed by atoms with E-state index in [9.17, 15) is 0 Å². The number of benzene rings is 1. The Morgan fingerprint density at radius 1 is 1.11 bits per heavy atom. The lowest BCUT2D eigenvalue weighted by Crippen LogP contribution is -3.00. The molecule has 0 aliphatic carbocycles. The van der Waals surface area contributed by atoms with Crippen LogP contribution in [0.15, 0.2) is 48.7 Å². The van der Waals surface area contributed by atoms with Gasteiger partial charge in [0.25, 0.3) is 0 Å². The second-order valence-corrected chi connectivity index (χ2v) is 3.90. The highest BCUT2D eigenvalue weighted by atomic mass is 127. The smallest absolute Gasteiger partial charge is 0.212 e. The maximum atomic E-state index is 8.63. The van der Waals surface area contributed by atoms with E-state index in [-0.39, 0.29) is 24.0 Å². The number of nitrogens with zero attached hydrogens (tertiary/aromatic N) is 2. The van der Waals surface area contributed by atoms with Crippen LogP contribution in [0.4, 0.5) is 0 Å². The van der Waals surface area contributed by atoms with Crippen molar-refractivity contribution in [2.45, 2.75) is 19.9 Å². The lowest BCUT2D eigenvalue weighted by molar-refractivity contribution is -0.682. The molecule has 1 heterocycles. The van der Waals surface area contributed by atoms with Gasteiger partial charge < -0.3 is 24.0 Å². The zero-order chi connectivity index (χ0) is 12.1. The highest BCUT2D eigenvalue weighted by Gasteiger charge is 2.09. The minimum Gasteiger partial charge on any atom is -1.00 e. The molecule has 0 spiro atoms. The predicted molar refractivity (Wildman–Crippen MR) is 67.1 cm³/mol. The van der Waals surface area contributed by atoms with Gasteiger partial charge in [0.1, 0.15) is 6.54 Å². The highest BCUT2D eigenvalue weighted by Crippen LogP contribution is 2.16. The van der Waals surface area contributed by atoms with Crippen LogP contribution in [0.1, 0.15) is 12.5 Å². The maximum absolute atomic E-state index is 8.63. The first kappa shape index (κ1) is 14.7. The van der Waals surface area contributed by atoms with Crippen molar-refractivity contribution in [3.8, 4) is 17.3 Å². The molecular formula is C15H15IN2. The topological polar surface area (TPSA) is 27.7 Å². The van der Waals surface area contributed by atoms with Crippen molar-refractivity contribution in [3.63, 3.8) is 0 Å². The Labute approximate surface area is 125 Å². The Kier molecular flexibility index (Phi) is 5.79. The van der Waals surface area contributed by atoms with Crippen molar-refractivity contribution in [1.82, 2.24) is 0 Å². The van der Waals surface area contributed by atoms with Crippen LogP contribution in [0.3, 0.4) is 0 Å². The average Bonchev–Trinajstić information content (AvgIpc) is 2.40. The third kappa shape index (κ3) is 3.30. The van der Waals surface area contributed by atoms with Crippen molar-refractivity contribution >= 4 is 0 Å². The van der Waals surface area contributed by atoms with Gasteiger partial charge in [-0.3, -0.25) is 0 Å². The molecule has 18 heavy (non-hydrogen) atoms. The maximum Gasteiger partial charge on any atom is 0.212 e. The number of aromatic nitrogens is 1. The monoisotopic (exact) mass is 350 g/mol. The number of aryl methyl sites for hydroxylation is 1. The van der Waals surface area contributed by atoms with E-state index in [2.05, 4.69) is 42.0 Å². The number of pyridine rings is 1. The summed E-state index contributed by atoms with van der Waals surface area (Å²) in [5.41, 5.74) is 3.46. The fourth-order valence-corrected chi connectivity index (χ4v) is 1.90. The van der Waals surface area contributed by atoms with Crippen LogP contribution in [0.2, 0.25) is 0 Å². The molecule has 1 aromatic heterocycles. The van der Waals surface area contributed by atoms with E-state index < -0.39 is 0 Å². The van der Waals surface area contributed by atoms with Crippen molar-refractivity contribution in [2.75, 3.05) is 0 Å². The third-order valence-corrected chi connectivity index (χ3v) is 2.81.